The number of halogens is 1. The summed E-state index contributed by atoms with van der Waals surface area (Å²) in [7, 11) is 1.50. The quantitative estimate of drug-likeness (QED) is 0.307. The first kappa shape index (κ1) is 22.8. The normalized spacial score (nSPS) is 18.7. The van der Waals surface area contributed by atoms with Crippen molar-refractivity contribution in [3.63, 3.8) is 0 Å². The minimum Gasteiger partial charge on any atom is -0.494 e. The Bertz CT molecular complexity index is 999. The van der Waals surface area contributed by atoms with E-state index < -0.39 is 0 Å². The fourth-order valence-electron chi connectivity index (χ4n) is 5.35. The van der Waals surface area contributed by atoms with Crippen molar-refractivity contribution in [2.45, 2.75) is 77.0 Å². The molecule has 4 rings (SSSR count). The number of methoxy groups -OCH3 is 1. The van der Waals surface area contributed by atoms with Gasteiger partial charge in [0.1, 0.15) is 0 Å². The summed E-state index contributed by atoms with van der Waals surface area (Å²) >= 11 is 0. The molecule has 0 spiro atoms. The molecule has 0 unspecified atom stereocenters. The lowest BCUT2D eigenvalue weighted by Crippen LogP contribution is -2.13. The van der Waals surface area contributed by atoms with Gasteiger partial charge in [0.05, 0.1) is 7.11 Å². The predicted molar refractivity (Wildman–Crippen MR) is 133 cm³/mol. The van der Waals surface area contributed by atoms with Crippen molar-refractivity contribution in [2.75, 3.05) is 7.11 Å². The van der Waals surface area contributed by atoms with Crippen LogP contribution in [0.5, 0.6) is 5.75 Å². The summed E-state index contributed by atoms with van der Waals surface area (Å²) in [6.45, 7) is 2.29. The van der Waals surface area contributed by atoms with Crippen molar-refractivity contribution in [2.24, 2.45) is 5.92 Å². The Balaban J connectivity index is 1.31. The monoisotopic (exact) mass is 432 g/mol. The van der Waals surface area contributed by atoms with Gasteiger partial charge >= 0.3 is 0 Å². The fourth-order valence-corrected chi connectivity index (χ4v) is 5.35. The molecule has 170 valence electrons. The Morgan fingerprint density at radius 1 is 0.844 bits per heavy atom. The van der Waals surface area contributed by atoms with Gasteiger partial charge in [-0.15, -0.1) is 0 Å². The average Bonchev–Trinajstić information content (AvgIpc) is 2.84. The van der Waals surface area contributed by atoms with E-state index in [2.05, 4.69) is 37.3 Å². The van der Waals surface area contributed by atoms with Gasteiger partial charge in [-0.05, 0) is 78.5 Å². The average molecular weight is 433 g/mol. The van der Waals surface area contributed by atoms with E-state index in [1.54, 1.807) is 6.07 Å². The third-order valence-corrected chi connectivity index (χ3v) is 7.42. The third-order valence-electron chi connectivity index (χ3n) is 7.42. The summed E-state index contributed by atoms with van der Waals surface area (Å²) in [6.07, 6.45) is 13.1. The molecule has 0 atom stereocenters. The molecule has 32 heavy (non-hydrogen) atoms. The zero-order chi connectivity index (χ0) is 22.3. The second-order valence-corrected chi connectivity index (χ2v) is 9.59. The molecule has 0 saturated heterocycles. The van der Waals surface area contributed by atoms with Crippen molar-refractivity contribution >= 4 is 10.8 Å². The lowest BCUT2D eigenvalue weighted by Gasteiger charge is -2.29. The van der Waals surface area contributed by atoms with Gasteiger partial charge < -0.3 is 4.74 Å². The minimum atomic E-state index is -0.276. The Labute approximate surface area is 193 Å². The number of hydrogen-bond acceptors (Lipinski definition) is 1. The van der Waals surface area contributed by atoms with E-state index in [1.807, 2.05) is 18.2 Å². The molecule has 3 aromatic rings. The standard InChI is InChI=1S/C30H37FO/c1-3-4-5-6-22-9-14-25(15-10-22)26-16-11-23(12-17-26)7-8-24-13-19-28-27(21-24)18-20-29(32-2)30(28)31/h11-13,16-22,25H,3-10,14-15H2,1-2H3. The van der Waals surface area contributed by atoms with Crippen LogP contribution in [0.25, 0.3) is 10.8 Å². The van der Waals surface area contributed by atoms with Crippen molar-refractivity contribution in [3.05, 3.63) is 77.1 Å². The topological polar surface area (TPSA) is 9.23 Å². The zero-order valence-electron chi connectivity index (χ0n) is 19.7. The maximum Gasteiger partial charge on any atom is 0.172 e. The molecular formula is C30H37FO. The van der Waals surface area contributed by atoms with Gasteiger partial charge in [0.2, 0.25) is 0 Å². The molecule has 0 aliphatic heterocycles. The number of fused-ring (bicyclic) bond motifs is 1. The molecular weight excluding hydrogens is 395 g/mol. The largest absolute Gasteiger partial charge is 0.494 e. The predicted octanol–water partition coefficient (Wildman–Crippen LogP) is 8.63. The molecule has 1 fully saturated rings. The van der Waals surface area contributed by atoms with E-state index in [9.17, 15) is 4.39 Å². The molecule has 1 aliphatic carbocycles. The number of rotatable bonds is 9. The molecule has 1 saturated carbocycles. The Morgan fingerprint density at radius 2 is 1.56 bits per heavy atom. The fraction of sp³-hybridized carbons (Fsp3) is 0.467. The highest BCUT2D eigenvalue weighted by Crippen LogP contribution is 2.38. The first-order chi connectivity index (χ1) is 15.7. The van der Waals surface area contributed by atoms with Gasteiger partial charge in [-0.2, -0.15) is 0 Å². The highest BCUT2D eigenvalue weighted by atomic mass is 19.1. The van der Waals surface area contributed by atoms with E-state index in [4.69, 9.17) is 4.74 Å². The van der Waals surface area contributed by atoms with Crippen LogP contribution in [0.15, 0.2) is 54.6 Å². The van der Waals surface area contributed by atoms with Crippen LogP contribution in [0.3, 0.4) is 0 Å². The second-order valence-electron chi connectivity index (χ2n) is 9.59. The van der Waals surface area contributed by atoms with Gasteiger partial charge in [-0.1, -0.05) is 81.1 Å². The lowest BCUT2D eigenvalue weighted by molar-refractivity contribution is 0.303. The van der Waals surface area contributed by atoms with Crippen molar-refractivity contribution in [1.82, 2.24) is 0 Å². The molecule has 0 N–H and O–H groups in total. The molecule has 0 aromatic heterocycles. The van der Waals surface area contributed by atoms with E-state index >= 15 is 0 Å². The molecule has 2 heteroatoms. The highest BCUT2D eigenvalue weighted by molar-refractivity contribution is 5.85. The maximum atomic E-state index is 14.4. The number of aryl methyl sites for hydroxylation is 2. The number of unbranched alkanes of at least 4 members (excludes halogenated alkanes) is 2. The SMILES string of the molecule is CCCCCC1CCC(c2ccc(CCc3ccc4c(F)c(OC)ccc4c3)cc2)CC1. The Hall–Kier alpha value is -2.35. The molecule has 1 nitrogen and oxygen atoms in total. The summed E-state index contributed by atoms with van der Waals surface area (Å²) < 4.78 is 19.5. The van der Waals surface area contributed by atoms with E-state index in [0.29, 0.717) is 11.1 Å². The van der Waals surface area contributed by atoms with Gasteiger partial charge in [0.25, 0.3) is 0 Å². The third kappa shape index (κ3) is 5.52. The highest BCUT2D eigenvalue weighted by Gasteiger charge is 2.22. The smallest absolute Gasteiger partial charge is 0.172 e. The van der Waals surface area contributed by atoms with Crippen LogP contribution in [0.4, 0.5) is 4.39 Å². The number of ether oxygens (including phenoxy) is 1. The molecule has 0 amide bonds. The summed E-state index contributed by atoms with van der Waals surface area (Å²) in [5.74, 6) is 1.74. The summed E-state index contributed by atoms with van der Waals surface area (Å²) in [4.78, 5) is 0. The van der Waals surface area contributed by atoms with Crippen LogP contribution in [-0.2, 0) is 12.8 Å². The molecule has 3 aromatic carbocycles. The molecule has 0 bridgehead atoms. The van der Waals surface area contributed by atoms with E-state index in [0.717, 1.165) is 30.1 Å². The van der Waals surface area contributed by atoms with Crippen LogP contribution < -0.4 is 4.74 Å². The van der Waals surface area contributed by atoms with Crippen LogP contribution in [0, 0.1) is 11.7 Å². The first-order valence-electron chi connectivity index (χ1n) is 12.5. The lowest BCUT2D eigenvalue weighted by atomic mass is 9.77. The van der Waals surface area contributed by atoms with Crippen molar-refractivity contribution < 1.29 is 9.13 Å². The van der Waals surface area contributed by atoms with E-state index in [-0.39, 0.29) is 5.82 Å². The first-order valence-corrected chi connectivity index (χ1v) is 12.5. The molecule has 0 heterocycles. The summed E-state index contributed by atoms with van der Waals surface area (Å²) in [5.41, 5.74) is 4.14. The van der Waals surface area contributed by atoms with E-state index in [1.165, 1.54) is 75.2 Å². The number of benzene rings is 3. The van der Waals surface area contributed by atoms with Gasteiger partial charge in [-0.3, -0.25) is 0 Å². The van der Waals surface area contributed by atoms with Gasteiger partial charge in [0, 0.05) is 5.39 Å². The van der Waals surface area contributed by atoms with Gasteiger partial charge in [0.15, 0.2) is 11.6 Å². The zero-order valence-corrected chi connectivity index (χ0v) is 19.7. The number of hydrogen-bond donors (Lipinski definition) is 0. The maximum absolute atomic E-state index is 14.4. The molecule has 0 radical (unpaired) electrons. The van der Waals surface area contributed by atoms with Crippen molar-refractivity contribution in [1.29, 1.82) is 0 Å². The van der Waals surface area contributed by atoms with Crippen LogP contribution >= 0.6 is 0 Å². The Kier molecular flexibility index (Phi) is 7.84. The van der Waals surface area contributed by atoms with Crippen molar-refractivity contribution in [3.8, 4) is 5.75 Å². The summed E-state index contributed by atoms with van der Waals surface area (Å²) in [5, 5.41) is 1.55. The summed E-state index contributed by atoms with van der Waals surface area (Å²) in [6, 6.07) is 19.0. The second kappa shape index (κ2) is 11.0. The van der Waals surface area contributed by atoms with Crippen LogP contribution in [-0.4, -0.2) is 7.11 Å². The minimum absolute atomic E-state index is 0.276. The Morgan fingerprint density at radius 3 is 2.28 bits per heavy atom. The van der Waals surface area contributed by atoms with Gasteiger partial charge in [-0.25, -0.2) is 4.39 Å². The molecule has 1 aliphatic rings. The van der Waals surface area contributed by atoms with Crippen LogP contribution in [0.2, 0.25) is 0 Å². The van der Waals surface area contributed by atoms with Crippen LogP contribution in [0.1, 0.15) is 80.9 Å².